The predicted molar refractivity (Wildman–Crippen MR) is 92.0 cm³/mol. The van der Waals surface area contributed by atoms with Crippen molar-refractivity contribution in [3.8, 4) is 11.4 Å². The van der Waals surface area contributed by atoms with Gasteiger partial charge in [-0.25, -0.2) is 4.79 Å². The molecule has 150 valence electrons. The molecule has 3 rings (SSSR count). The maximum absolute atomic E-state index is 12.6. The van der Waals surface area contributed by atoms with E-state index >= 15 is 0 Å². The number of benzene rings is 2. The fraction of sp³-hybridized carbons (Fsp3) is 0.118. The average Bonchev–Trinajstić information content (AvgIpc) is 3.14. The smallest absolute Gasteiger partial charge is 0.416 e. The van der Waals surface area contributed by atoms with Crippen molar-refractivity contribution in [1.29, 1.82) is 0 Å². The molecule has 1 aromatic heterocycles. The number of hydrogen-bond donors (Lipinski definition) is 0. The maximum atomic E-state index is 12.6. The molecule has 3 aromatic rings. The molecular weight excluding hydrogens is 419 g/mol. The van der Waals surface area contributed by atoms with Crippen LogP contribution in [0.4, 0.5) is 18.9 Å². The van der Waals surface area contributed by atoms with Crippen molar-refractivity contribution in [3.63, 3.8) is 0 Å². The van der Waals surface area contributed by atoms with Gasteiger partial charge in [-0.05, 0) is 24.3 Å². The Morgan fingerprint density at radius 1 is 1.21 bits per heavy atom. The number of ether oxygens (including phenoxy) is 1. The fourth-order valence-corrected chi connectivity index (χ4v) is 2.44. The molecule has 1 heterocycles. The molecule has 0 aliphatic carbocycles. The number of carbonyl (C=O) groups is 1. The van der Waals surface area contributed by atoms with E-state index in [9.17, 15) is 28.1 Å². The van der Waals surface area contributed by atoms with Crippen LogP contribution >= 0.6 is 11.6 Å². The molecule has 0 fully saturated rings. The quantitative estimate of drug-likeness (QED) is 0.330. The third kappa shape index (κ3) is 4.69. The summed E-state index contributed by atoms with van der Waals surface area (Å²) < 4.78 is 47.6. The summed E-state index contributed by atoms with van der Waals surface area (Å²) in [7, 11) is 0. The normalized spacial score (nSPS) is 11.3. The van der Waals surface area contributed by atoms with Crippen molar-refractivity contribution < 1.29 is 32.1 Å². The molecule has 8 nitrogen and oxygen atoms in total. The minimum atomic E-state index is -4.47. The zero-order valence-electron chi connectivity index (χ0n) is 14.1. The van der Waals surface area contributed by atoms with E-state index in [1.165, 1.54) is 18.2 Å². The molecule has 0 bridgehead atoms. The standard InChI is InChI=1S/C17H9ClF3N3O5/c18-11-5-6-12(13(7-11)24(26)27)16(25)28-8-14-22-15(23-29-14)9-1-3-10(4-2-9)17(19,20)21/h1-7H,8H2. The molecule has 0 unspecified atom stereocenters. The first-order valence-corrected chi connectivity index (χ1v) is 8.14. The highest BCUT2D eigenvalue weighted by molar-refractivity contribution is 6.31. The number of carbonyl (C=O) groups excluding carboxylic acids is 1. The van der Waals surface area contributed by atoms with Gasteiger partial charge in [-0.3, -0.25) is 10.1 Å². The molecule has 0 saturated heterocycles. The van der Waals surface area contributed by atoms with Crippen molar-refractivity contribution >= 4 is 23.3 Å². The first kappa shape index (κ1) is 20.3. The van der Waals surface area contributed by atoms with Crippen molar-refractivity contribution in [1.82, 2.24) is 10.1 Å². The number of nitrogens with zero attached hydrogens (tertiary/aromatic N) is 3. The Hall–Kier alpha value is -3.47. The summed E-state index contributed by atoms with van der Waals surface area (Å²) in [5.41, 5.74) is -1.42. The number of hydrogen-bond acceptors (Lipinski definition) is 7. The maximum Gasteiger partial charge on any atom is 0.416 e. The van der Waals surface area contributed by atoms with Gasteiger partial charge < -0.3 is 9.26 Å². The molecule has 0 amide bonds. The Bertz CT molecular complexity index is 1070. The van der Waals surface area contributed by atoms with Crippen LogP contribution in [0.5, 0.6) is 0 Å². The molecule has 0 N–H and O–H groups in total. The minimum Gasteiger partial charge on any atom is -0.452 e. The highest BCUT2D eigenvalue weighted by Gasteiger charge is 2.30. The highest BCUT2D eigenvalue weighted by atomic mass is 35.5. The van der Waals surface area contributed by atoms with E-state index in [0.29, 0.717) is 0 Å². The molecule has 2 aromatic carbocycles. The summed E-state index contributed by atoms with van der Waals surface area (Å²) >= 11 is 5.68. The second kappa shape index (κ2) is 7.87. The van der Waals surface area contributed by atoms with Crippen molar-refractivity contribution in [2.45, 2.75) is 12.8 Å². The second-order valence-corrected chi connectivity index (χ2v) is 6.02. The number of aromatic nitrogens is 2. The number of alkyl halides is 3. The lowest BCUT2D eigenvalue weighted by Crippen LogP contribution is -2.08. The van der Waals surface area contributed by atoms with E-state index in [0.717, 1.165) is 24.3 Å². The molecule has 0 saturated carbocycles. The summed E-state index contributed by atoms with van der Waals surface area (Å²) in [6.45, 7) is -0.494. The molecule has 0 aliphatic rings. The van der Waals surface area contributed by atoms with E-state index in [-0.39, 0.29) is 27.9 Å². The van der Waals surface area contributed by atoms with Crippen LogP contribution in [0.2, 0.25) is 5.02 Å². The minimum absolute atomic E-state index is 0.0118. The fourth-order valence-electron chi connectivity index (χ4n) is 2.27. The summed E-state index contributed by atoms with van der Waals surface area (Å²) in [6.07, 6.45) is -4.47. The highest BCUT2D eigenvalue weighted by Crippen LogP contribution is 2.30. The molecule has 0 radical (unpaired) electrons. The molecule has 0 aliphatic heterocycles. The molecule has 0 atom stereocenters. The lowest BCUT2D eigenvalue weighted by atomic mass is 10.1. The number of nitro groups is 1. The Kier molecular flexibility index (Phi) is 5.50. The van der Waals surface area contributed by atoms with Crippen LogP contribution < -0.4 is 0 Å². The van der Waals surface area contributed by atoms with Gasteiger partial charge in [0, 0.05) is 16.7 Å². The predicted octanol–water partition coefficient (Wildman–Crippen LogP) is 4.67. The Balaban J connectivity index is 1.70. The average molecular weight is 428 g/mol. The van der Waals surface area contributed by atoms with Gasteiger partial charge in [0.15, 0.2) is 6.61 Å². The molecule has 0 spiro atoms. The third-order valence-corrected chi connectivity index (χ3v) is 3.88. The zero-order chi connectivity index (χ0) is 21.2. The Morgan fingerprint density at radius 2 is 1.90 bits per heavy atom. The second-order valence-electron chi connectivity index (χ2n) is 5.58. The summed E-state index contributed by atoms with van der Waals surface area (Å²) in [5.74, 6) is -1.17. The topological polar surface area (TPSA) is 108 Å². The van der Waals surface area contributed by atoms with Gasteiger partial charge >= 0.3 is 12.1 Å². The van der Waals surface area contributed by atoms with Crippen LogP contribution in [-0.2, 0) is 17.5 Å². The number of halogens is 4. The molecule has 29 heavy (non-hydrogen) atoms. The number of nitro benzene ring substituents is 1. The van der Waals surface area contributed by atoms with Crippen LogP contribution in [0.1, 0.15) is 21.8 Å². The van der Waals surface area contributed by atoms with Gasteiger partial charge in [0.05, 0.1) is 10.5 Å². The lowest BCUT2D eigenvalue weighted by Gasteiger charge is -2.05. The SMILES string of the molecule is O=C(OCc1nc(-c2ccc(C(F)(F)F)cc2)no1)c1ccc(Cl)cc1[N+](=O)[O-]. The van der Waals surface area contributed by atoms with Crippen LogP contribution in [0.3, 0.4) is 0 Å². The lowest BCUT2D eigenvalue weighted by molar-refractivity contribution is -0.385. The van der Waals surface area contributed by atoms with Crippen molar-refractivity contribution in [3.05, 3.63) is 74.6 Å². The monoisotopic (exact) mass is 427 g/mol. The van der Waals surface area contributed by atoms with E-state index in [1.54, 1.807) is 0 Å². The third-order valence-electron chi connectivity index (χ3n) is 3.64. The van der Waals surface area contributed by atoms with E-state index < -0.39 is 34.9 Å². The van der Waals surface area contributed by atoms with E-state index in [4.69, 9.17) is 20.9 Å². The van der Waals surface area contributed by atoms with E-state index in [2.05, 4.69) is 10.1 Å². The molecule has 12 heteroatoms. The molecular formula is C17H9ClF3N3O5. The van der Waals surface area contributed by atoms with Gasteiger partial charge in [0.1, 0.15) is 5.56 Å². The summed E-state index contributed by atoms with van der Waals surface area (Å²) in [5, 5.41) is 14.7. The van der Waals surface area contributed by atoms with Crippen LogP contribution in [0.15, 0.2) is 47.0 Å². The first-order valence-electron chi connectivity index (χ1n) is 7.76. The summed E-state index contributed by atoms with van der Waals surface area (Å²) in [4.78, 5) is 26.3. The summed E-state index contributed by atoms with van der Waals surface area (Å²) in [6, 6.07) is 7.51. The van der Waals surface area contributed by atoms with Crippen LogP contribution in [0.25, 0.3) is 11.4 Å². The van der Waals surface area contributed by atoms with Gasteiger partial charge in [-0.2, -0.15) is 18.2 Å². The van der Waals surface area contributed by atoms with Crippen LogP contribution in [0, 0.1) is 10.1 Å². The number of rotatable bonds is 5. The first-order chi connectivity index (χ1) is 13.6. The number of esters is 1. The van der Waals surface area contributed by atoms with Gasteiger partial charge in [0.25, 0.3) is 11.6 Å². The largest absolute Gasteiger partial charge is 0.452 e. The van der Waals surface area contributed by atoms with Crippen LogP contribution in [-0.4, -0.2) is 21.0 Å². The van der Waals surface area contributed by atoms with Gasteiger partial charge in [0.2, 0.25) is 5.82 Å². The Labute approximate surface area is 165 Å². The van der Waals surface area contributed by atoms with Gasteiger partial charge in [-0.1, -0.05) is 28.9 Å². The van der Waals surface area contributed by atoms with E-state index in [1.807, 2.05) is 0 Å². The zero-order valence-corrected chi connectivity index (χ0v) is 14.9. The van der Waals surface area contributed by atoms with Crippen molar-refractivity contribution in [2.75, 3.05) is 0 Å². The Morgan fingerprint density at radius 3 is 2.52 bits per heavy atom. The van der Waals surface area contributed by atoms with Crippen molar-refractivity contribution in [2.24, 2.45) is 0 Å². The van der Waals surface area contributed by atoms with Gasteiger partial charge in [-0.15, -0.1) is 0 Å².